The number of nitrogens with zero attached hydrogens (tertiary/aromatic N) is 2. The minimum atomic E-state index is -4.57. The molecule has 0 fully saturated rings. The van der Waals surface area contributed by atoms with Crippen LogP contribution in [0.2, 0.25) is 0 Å². The molecular formula is C32H30N2O6S2. The molecule has 4 aromatic carbocycles. The minimum absolute atomic E-state index is 0.0582. The van der Waals surface area contributed by atoms with Gasteiger partial charge in [-0.25, -0.2) is 16.8 Å². The summed E-state index contributed by atoms with van der Waals surface area (Å²) in [4.78, 5) is 28.6. The average Bonchev–Trinajstić information content (AvgIpc) is 2.86. The molecule has 0 spiro atoms. The van der Waals surface area contributed by atoms with Crippen LogP contribution in [-0.2, 0) is 20.0 Å². The molecule has 0 aliphatic carbocycles. The summed E-state index contributed by atoms with van der Waals surface area (Å²) in [5.41, 5.74) is 2.48. The zero-order valence-electron chi connectivity index (χ0n) is 24.1. The van der Waals surface area contributed by atoms with Gasteiger partial charge in [0.1, 0.15) is 0 Å². The number of amides is 2. The molecule has 42 heavy (non-hydrogen) atoms. The van der Waals surface area contributed by atoms with Crippen molar-refractivity contribution < 1.29 is 26.4 Å². The fourth-order valence-corrected chi connectivity index (χ4v) is 9.61. The summed E-state index contributed by atoms with van der Waals surface area (Å²) in [6.07, 6.45) is 0. The van der Waals surface area contributed by atoms with Gasteiger partial charge in [-0.1, -0.05) is 59.7 Å². The Morgan fingerprint density at radius 2 is 0.762 bits per heavy atom. The van der Waals surface area contributed by atoms with Crippen molar-refractivity contribution in [1.29, 1.82) is 0 Å². The molecule has 1 aliphatic heterocycles. The minimum Gasteiger partial charge on any atom is -0.267 e. The fourth-order valence-electron chi connectivity index (χ4n) is 5.91. The molecule has 1 heterocycles. The zero-order chi connectivity index (χ0) is 30.7. The van der Waals surface area contributed by atoms with Crippen molar-refractivity contribution in [2.45, 2.75) is 51.3 Å². The van der Waals surface area contributed by atoms with Crippen molar-refractivity contribution >= 4 is 43.2 Å². The van der Waals surface area contributed by atoms with Gasteiger partial charge in [-0.15, -0.1) is 0 Å². The Kier molecular flexibility index (Phi) is 7.11. The Morgan fingerprint density at radius 3 is 1.07 bits per heavy atom. The highest BCUT2D eigenvalue weighted by molar-refractivity contribution is 7.94. The Bertz CT molecular complexity index is 1840. The summed E-state index contributed by atoms with van der Waals surface area (Å²) in [6.45, 7) is 10.3. The summed E-state index contributed by atoms with van der Waals surface area (Å²) in [5.74, 6) is -1.97. The lowest BCUT2D eigenvalue weighted by atomic mass is 10.1. The van der Waals surface area contributed by atoms with Crippen LogP contribution in [0.4, 0.5) is 11.4 Å². The van der Waals surface area contributed by atoms with Crippen LogP contribution in [0.1, 0.15) is 54.1 Å². The van der Waals surface area contributed by atoms with E-state index in [1.54, 1.807) is 52.0 Å². The first-order valence-electron chi connectivity index (χ1n) is 13.2. The zero-order valence-corrected chi connectivity index (χ0v) is 25.7. The van der Waals surface area contributed by atoms with Gasteiger partial charge >= 0.3 is 0 Å². The van der Waals surface area contributed by atoms with Crippen molar-refractivity contribution in [1.82, 2.24) is 0 Å². The molecule has 0 saturated heterocycles. The molecule has 0 aromatic heterocycles. The van der Waals surface area contributed by atoms with Gasteiger partial charge in [-0.05, 0) is 88.1 Å². The molecule has 216 valence electrons. The number of carbonyl (C=O) groups is 2. The second-order valence-electron chi connectivity index (χ2n) is 10.6. The first-order chi connectivity index (χ1) is 19.7. The molecule has 4 aromatic rings. The number of hydrogen-bond donors (Lipinski definition) is 0. The number of fused-ring (bicyclic) bond motifs is 2. The quantitative estimate of drug-likeness (QED) is 0.287. The van der Waals surface area contributed by atoms with E-state index in [9.17, 15) is 26.4 Å². The van der Waals surface area contributed by atoms with Crippen molar-refractivity contribution in [2.75, 3.05) is 8.61 Å². The Balaban J connectivity index is 1.84. The van der Waals surface area contributed by atoms with Gasteiger partial charge in [0.2, 0.25) is 0 Å². The summed E-state index contributed by atoms with van der Waals surface area (Å²) in [6, 6.07) is 18.1. The first-order valence-corrected chi connectivity index (χ1v) is 16.1. The van der Waals surface area contributed by atoms with E-state index < -0.39 is 31.9 Å². The van der Waals surface area contributed by atoms with Crippen LogP contribution < -0.4 is 8.61 Å². The number of hydrogen-bond acceptors (Lipinski definition) is 6. The Labute approximate surface area is 246 Å². The molecule has 0 radical (unpaired) electrons. The smallest absolute Gasteiger partial charge is 0.267 e. The van der Waals surface area contributed by atoms with Crippen molar-refractivity contribution in [3.05, 3.63) is 117 Å². The molecule has 0 atom stereocenters. The standard InChI is InChI=1S/C32H30N2O6S2/c1-19-15-21(3)29(22(4)16-19)41(37,38)33-27-13-9-7-11-25(27)32(36)34(28-14-10-8-12-26(28)31(33)35)42(39,40)30-23(5)17-20(2)18-24(30)6/h7-18H,1-6H3. The van der Waals surface area contributed by atoms with Gasteiger partial charge in [0.15, 0.2) is 0 Å². The van der Waals surface area contributed by atoms with Crippen LogP contribution in [0, 0.1) is 41.5 Å². The maximum Gasteiger partial charge on any atom is 0.274 e. The molecule has 0 unspecified atom stereocenters. The predicted molar refractivity (Wildman–Crippen MR) is 162 cm³/mol. The summed E-state index contributed by atoms with van der Waals surface area (Å²) in [5, 5.41) is 0. The van der Waals surface area contributed by atoms with E-state index >= 15 is 0 Å². The Hall–Kier alpha value is -4.28. The van der Waals surface area contributed by atoms with Gasteiger partial charge in [-0.2, -0.15) is 8.61 Å². The lowest BCUT2D eigenvalue weighted by molar-refractivity contribution is 0.0996. The molecule has 2 amide bonds. The number of para-hydroxylation sites is 2. The molecule has 5 rings (SSSR count). The third-order valence-electron chi connectivity index (χ3n) is 7.28. The number of aryl methyl sites for hydroxylation is 6. The van der Waals surface area contributed by atoms with Gasteiger partial charge in [0.05, 0.1) is 32.3 Å². The molecule has 0 bridgehead atoms. The van der Waals surface area contributed by atoms with E-state index in [0.29, 0.717) is 30.9 Å². The second-order valence-corrected chi connectivity index (χ2v) is 14.1. The highest BCUT2D eigenvalue weighted by Gasteiger charge is 2.44. The lowest BCUT2D eigenvalue weighted by Gasteiger charge is -2.33. The largest absolute Gasteiger partial charge is 0.274 e. The van der Waals surface area contributed by atoms with E-state index in [1.807, 2.05) is 13.8 Å². The summed E-state index contributed by atoms with van der Waals surface area (Å²) in [7, 11) is -9.14. The van der Waals surface area contributed by atoms with Crippen LogP contribution in [0.15, 0.2) is 82.6 Å². The van der Waals surface area contributed by atoms with E-state index in [1.165, 1.54) is 48.5 Å². The van der Waals surface area contributed by atoms with Crippen LogP contribution in [0.3, 0.4) is 0 Å². The van der Waals surface area contributed by atoms with E-state index in [4.69, 9.17) is 0 Å². The number of sulfonamides is 2. The third kappa shape index (κ3) is 4.51. The molecule has 8 nitrogen and oxygen atoms in total. The summed E-state index contributed by atoms with van der Waals surface area (Å²) >= 11 is 0. The number of anilines is 2. The van der Waals surface area contributed by atoms with Crippen molar-refractivity contribution in [2.24, 2.45) is 0 Å². The maximum atomic E-state index is 14.4. The van der Waals surface area contributed by atoms with E-state index in [-0.39, 0.29) is 32.3 Å². The van der Waals surface area contributed by atoms with Crippen LogP contribution in [0.25, 0.3) is 0 Å². The monoisotopic (exact) mass is 602 g/mol. The molecular weight excluding hydrogens is 572 g/mol. The van der Waals surface area contributed by atoms with Gasteiger partial charge in [0.25, 0.3) is 31.9 Å². The van der Waals surface area contributed by atoms with Crippen LogP contribution in [-0.4, -0.2) is 28.6 Å². The third-order valence-corrected chi connectivity index (χ3v) is 11.3. The highest BCUT2D eigenvalue weighted by atomic mass is 32.2. The van der Waals surface area contributed by atoms with Crippen LogP contribution >= 0.6 is 0 Å². The normalized spacial score (nSPS) is 13.9. The van der Waals surface area contributed by atoms with Crippen molar-refractivity contribution in [3.8, 4) is 0 Å². The number of carbonyl (C=O) groups excluding carboxylic acids is 2. The number of benzene rings is 4. The lowest BCUT2D eigenvalue weighted by Crippen LogP contribution is -2.45. The predicted octanol–water partition coefficient (Wildman–Crippen LogP) is 5.92. The van der Waals surface area contributed by atoms with Gasteiger partial charge in [-0.3, -0.25) is 9.59 Å². The van der Waals surface area contributed by atoms with Gasteiger partial charge in [0, 0.05) is 0 Å². The molecule has 1 aliphatic rings. The SMILES string of the molecule is Cc1cc(C)c(S(=O)(=O)N2C(=O)c3ccccc3N(S(=O)(=O)c3c(C)cc(C)cc3C)C(=O)c3ccccc32)c(C)c1. The van der Waals surface area contributed by atoms with Gasteiger partial charge < -0.3 is 0 Å². The Morgan fingerprint density at radius 1 is 0.476 bits per heavy atom. The summed E-state index contributed by atoms with van der Waals surface area (Å²) < 4.78 is 58.8. The highest BCUT2D eigenvalue weighted by Crippen LogP contribution is 2.40. The first kappa shape index (κ1) is 29.2. The maximum absolute atomic E-state index is 14.4. The molecule has 10 heteroatoms. The average molecular weight is 603 g/mol. The molecule has 0 saturated carbocycles. The van der Waals surface area contributed by atoms with E-state index in [0.717, 1.165) is 11.1 Å². The van der Waals surface area contributed by atoms with Crippen LogP contribution in [0.5, 0.6) is 0 Å². The van der Waals surface area contributed by atoms with Crippen molar-refractivity contribution in [3.63, 3.8) is 0 Å². The topological polar surface area (TPSA) is 109 Å². The fraction of sp³-hybridized carbons (Fsp3) is 0.188. The van der Waals surface area contributed by atoms with E-state index in [2.05, 4.69) is 0 Å². The molecule has 0 N–H and O–H groups in total. The number of rotatable bonds is 4. The second kappa shape index (κ2) is 10.2.